The van der Waals surface area contributed by atoms with Crippen LogP contribution in [0.25, 0.3) is 11.0 Å². The van der Waals surface area contributed by atoms with Gasteiger partial charge in [0.1, 0.15) is 5.56 Å². The van der Waals surface area contributed by atoms with Gasteiger partial charge in [0.25, 0.3) is 0 Å². The molecular weight excluding hydrogens is 755 g/mol. The maximum absolute atomic E-state index is 12.3. The molecule has 3 fully saturated rings. The van der Waals surface area contributed by atoms with Crippen LogP contribution in [-0.2, 0) is 9.47 Å². The zero-order valence-electron chi connectivity index (χ0n) is 34.6. The lowest BCUT2D eigenvalue weighted by atomic mass is 9.83. The van der Waals surface area contributed by atoms with Crippen LogP contribution >= 0.6 is 23.2 Å². The van der Waals surface area contributed by atoms with Crippen LogP contribution in [0.2, 0.25) is 10.0 Å². The van der Waals surface area contributed by atoms with Gasteiger partial charge in [-0.25, -0.2) is 13.8 Å². The first-order valence-electron chi connectivity index (χ1n) is 19.8. The molecule has 14 heteroatoms. The number of esters is 1. The summed E-state index contributed by atoms with van der Waals surface area (Å²) in [5, 5.41) is 30.3. The fraction of sp³-hybridized carbons (Fsp3) is 0.619. The van der Waals surface area contributed by atoms with E-state index in [1.807, 2.05) is 42.6 Å². The number of carbonyl (C=O) groups excluding carboxylic acids is 2. The van der Waals surface area contributed by atoms with E-state index in [0.29, 0.717) is 51.7 Å². The summed E-state index contributed by atoms with van der Waals surface area (Å²) < 4.78 is 13.7. The van der Waals surface area contributed by atoms with Crippen LogP contribution < -0.4 is 5.32 Å². The molecule has 0 bridgehead atoms. The molecule has 4 aromatic rings. The molecule has 0 aromatic carbocycles. The van der Waals surface area contributed by atoms with Gasteiger partial charge in [-0.15, -0.1) is 0 Å². The van der Waals surface area contributed by atoms with Gasteiger partial charge in [-0.1, -0.05) is 37.0 Å². The molecule has 12 nitrogen and oxygen atoms in total. The van der Waals surface area contributed by atoms with Crippen molar-refractivity contribution >= 4 is 46.0 Å². The summed E-state index contributed by atoms with van der Waals surface area (Å²) in [7, 11) is 1.00. The Hall–Kier alpha value is -3.10. The number of aliphatic hydroxyl groups excluding tert-OH is 1. The second kappa shape index (κ2) is 20.0. The Morgan fingerprint density at radius 1 is 0.929 bits per heavy atom. The molecule has 3 saturated heterocycles. The minimum absolute atomic E-state index is 0.0288. The fourth-order valence-corrected chi connectivity index (χ4v) is 8.69. The number of nitrogens with one attached hydrogen (secondary N) is 1. The summed E-state index contributed by atoms with van der Waals surface area (Å²) in [6.45, 7) is 21.5. The summed E-state index contributed by atoms with van der Waals surface area (Å²) >= 11 is 13.3. The third-order valence-electron chi connectivity index (χ3n) is 10.8. The van der Waals surface area contributed by atoms with Crippen molar-refractivity contribution in [3.05, 3.63) is 69.2 Å². The van der Waals surface area contributed by atoms with Crippen molar-refractivity contribution in [3.8, 4) is 0 Å². The standard InChI is InChI=1S/C20H28ClN3O2.C17H22ClN3O2.C4H8O.CH4O/c1-13(15-7-10-23(11-8-15)12-20(3,4)26)19-18(21)17(14(2)25)16-6-5-9-22-24(16)19;1-3-23-17(22)14-13-5-4-8-20-21(13)16(15(14)18)11(2)12-6-9-19-10-7-12;1-4(2)3-5-4;1-2/h5-6,9,13,15,26H,7-8,10-12H2,1-4H3;4-5,8,11-12,19H,3,6-7,9-10H2,1-2H3;3H2,1-2H3;2H,1H3. The highest BCUT2D eigenvalue weighted by atomic mass is 35.5. The van der Waals surface area contributed by atoms with Crippen LogP contribution in [-0.4, -0.2) is 110 Å². The maximum Gasteiger partial charge on any atom is 0.341 e. The quantitative estimate of drug-likeness (QED) is 0.0885. The van der Waals surface area contributed by atoms with Crippen molar-refractivity contribution in [2.75, 3.05) is 53.0 Å². The number of epoxide rings is 1. The van der Waals surface area contributed by atoms with E-state index < -0.39 is 5.60 Å². The minimum atomic E-state index is -0.667. The second-order valence-electron chi connectivity index (χ2n) is 16.2. The number of nitrogens with zero attached hydrogens (tertiary/aromatic N) is 5. The van der Waals surface area contributed by atoms with E-state index in [1.165, 1.54) is 0 Å². The van der Waals surface area contributed by atoms with E-state index in [2.05, 4.69) is 48.1 Å². The molecule has 3 aliphatic heterocycles. The molecule has 3 N–H and O–H groups in total. The molecule has 0 amide bonds. The molecule has 7 heterocycles. The lowest BCUT2D eigenvalue weighted by molar-refractivity contribution is 0.0229. The SMILES string of the molecule is CC(=O)c1c(Cl)c(C(C)C2CCN(CC(C)(C)O)CC2)n2ncccc12.CC1(C)CO1.CCOC(=O)c1c(Cl)c(C(C)C2CCNCC2)n2ncccc12.CO. The van der Waals surface area contributed by atoms with E-state index in [9.17, 15) is 14.7 Å². The average Bonchev–Trinajstić information content (AvgIpc) is 3.66. The molecule has 310 valence electrons. The number of rotatable bonds is 9. The highest BCUT2D eigenvalue weighted by Crippen LogP contribution is 2.41. The first-order chi connectivity index (χ1) is 26.5. The van der Waals surface area contributed by atoms with Crippen molar-refractivity contribution in [1.82, 2.24) is 29.4 Å². The number of aromatic nitrogens is 4. The highest BCUT2D eigenvalue weighted by Gasteiger charge is 2.34. The maximum atomic E-state index is 12.3. The number of halogens is 2. The van der Waals surface area contributed by atoms with Crippen LogP contribution in [0.5, 0.6) is 0 Å². The predicted molar refractivity (Wildman–Crippen MR) is 222 cm³/mol. The van der Waals surface area contributed by atoms with Gasteiger partial charge in [0.05, 0.1) is 62.4 Å². The Morgan fingerprint density at radius 3 is 1.80 bits per heavy atom. The van der Waals surface area contributed by atoms with Crippen molar-refractivity contribution in [2.45, 2.75) is 104 Å². The van der Waals surface area contributed by atoms with Gasteiger partial charge in [0.2, 0.25) is 0 Å². The Kier molecular flexibility index (Phi) is 16.3. The average molecular weight is 818 g/mol. The van der Waals surface area contributed by atoms with Crippen LogP contribution in [0.1, 0.15) is 125 Å². The Balaban J connectivity index is 0.000000213. The van der Waals surface area contributed by atoms with Crippen molar-refractivity contribution < 1.29 is 29.3 Å². The molecule has 2 atom stereocenters. The van der Waals surface area contributed by atoms with E-state index in [0.717, 1.165) is 82.5 Å². The fourth-order valence-electron chi connectivity index (χ4n) is 7.78. The lowest BCUT2D eigenvalue weighted by Gasteiger charge is -2.37. The number of hydrogen-bond acceptors (Lipinski definition) is 10. The monoisotopic (exact) mass is 816 g/mol. The van der Waals surface area contributed by atoms with Crippen LogP contribution in [0.4, 0.5) is 0 Å². The third kappa shape index (κ3) is 11.3. The Labute approximate surface area is 341 Å². The molecule has 7 rings (SSSR count). The number of likely N-dealkylation sites (tertiary alicyclic amines) is 1. The zero-order chi connectivity index (χ0) is 41.4. The Bertz CT molecular complexity index is 1900. The van der Waals surface area contributed by atoms with Crippen LogP contribution in [0.15, 0.2) is 36.7 Å². The summed E-state index contributed by atoms with van der Waals surface area (Å²) in [5.41, 5.74) is 3.93. The first kappa shape index (κ1) is 45.6. The number of Topliss-reactive ketones (excluding diaryl/α,β-unsaturated/α-hetero) is 1. The molecule has 2 unspecified atom stereocenters. The first-order valence-corrected chi connectivity index (χ1v) is 20.5. The predicted octanol–water partition coefficient (Wildman–Crippen LogP) is 7.45. The van der Waals surface area contributed by atoms with Gasteiger partial charge in [-0.2, -0.15) is 10.2 Å². The van der Waals surface area contributed by atoms with Crippen LogP contribution in [0, 0.1) is 11.8 Å². The largest absolute Gasteiger partial charge is 0.462 e. The number of β-amino-alcohol motifs (C(OH)–C–C–N with tert-alkyl or cyclic N) is 1. The molecule has 56 heavy (non-hydrogen) atoms. The number of aliphatic hydroxyl groups is 2. The number of carbonyl (C=O) groups is 2. The normalized spacial score (nSPS) is 18.4. The molecule has 4 aromatic heterocycles. The van der Waals surface area contributed by atoms with Gasteiger partial charge in [0, 0.05) is 37.9 Å². The summed E-state index contributed by atoms with van der Waals surface area (Å²) in [5.74, 6) is 1.04. The zero-order valence-corrected chi connectivity index (χ0v) is 36.1. The number of fused-ring (bicyclic) bond motifs is 2. The van der Waals surface area contributed by atoms with Crippen molar-refractivity contribution in [3.63, 3.8) is 0 Å². The molecule has 0 radical (unpaired) electrons. The topological polar surface area (TPSA) is 146 Å². The van der Waals surface area contributed by atoms with Gasteiger partial charge in [-0.05, 0) is 130 Å². The third-order valence-corrected chi connectivity index (χ3v) is 11.6. The highest BCUT2D eigenvalue weighted by molar-refractivity contribution is 6.36. The van der Waals surface area contributed by atoms with E-state index in [1.54, 1.807) is 30.8 Å². The summed E-state index contributed by atoms with van der Waals surface area (Å²) in [6, 6.07) is 7.41. The molecule has 0 aliphatic carbocycles. The Morgan fingerprint density at radius 2 is 1.38 bits per heavy atom. The van der Waals surface area contributed by atoms with Crippen LogP contribution in [0.3, 0.4) is 0 Å². The molecule has 0 saturated carbocycles. The molecule has 3 aliphatic rings. The van der Waals surface area contributed by atoms with Gasteiger partial charge < -0.3 is 29.9 Å². The number of hydrogen-bond donors (Lipinski definition) is 3. The van der Waals surface area contributed by atoms with Gasteiger partial charge in [-0.3, -0.25) is 4.79 Å². The lowest BCUT2D eigenvalue weighted by Crippen LogP contribution is -2.43. The molecule has 0 spiro atoms. The smallest absolute Gasteiger partial charge is 0.341 e. The van der Waals surface area contributed by atoms with Gasteiger partial charge >= 0.3 is 5.97 Å². The second-order valence-corrected chi connectivity index (χ2v) is 17.0. The number of ether oxygens (including phenoxy) is 2. The van der Waals surface area contributed by atoms with Gasteiger partial charge in [0.15, 0.2) is 5.78 Å². The van der Waals surface area contributed by atoms with Crippen molar-refractivity contribution in [1.29, 1.82) is 0 Å². The summed E-state index contributed by atoms with van der Waals surface area (Å²) in [4.78, 5) is 26.8. The number of piperidine rings is 2. The van der Waals surface area contributed by atoms with Crippen molar-refractivity contribution in [2.24, 2.45) is 11.8 Å². The summed E-state index contributed by atoms with van der Waals surface area (Å²) in [6.07, 6.45) is 7.75. The van der Waals surface area contributed by atoms with E-state index >= 15 is 0 Å². The van der Waals surface area contributed by atoms with E-state index in [4.69, 9.17) is 37.8 Å². The minimum Gasteiger partial charge on any atom is -0.462 e. The van der Waals surface area contributed by atoms with E-state index in [-0.39, 0.29) is 29.2 Å². The molecular formula is C42H62Cl2N6O6. The number of ketones is 1.